The molecule has 0 atom stereocenters. The number of carbonyl (C=O) groups is 1. The molecule has 1 rings (SSSR count). The minimum atomic E-state index is -0.845. The van der Waals surface area contributed by atoms with Crippen LogP contribution < -0.4 is 9.47 Å². The van der Waals surface area contributed by atoms with E-state index >= 15 is 0 Å². The molecule has 4 nitrogen and oxygen atoms in total. The molecule has 1 N–H and O–H groups in total. The summed E-state index contributed by atoms with van der Waals surface area (Å²) in [5, 5.41) is 9.92. The van der Waals surface area contributed by atoms with Crippen LogP contribution in [0.1, 0.15) is 0 Å². The number of thiophene rings is 1. The molecule has 0 bridgehead atoms. The molecule has 0 saturated heterocycles. The average molecular weight is 234 g/mol. The quantitative estimate of drug-likeness (QED) is 0.789. The van der Waals surface area contributed by atoms with Gasteiger partial charge in [-0.25, -0.2) is 0 Å². The Morgan fingerprint density at radius 3 is 2.79 bits per heavy atom. The van der Waals surface area contributed by atoms with E-state index in [9.17, 15) is 4.79 Å². The fourth-order valence-electron chi connectivity index (χ4n) is 0.820. The number of aliphatic carboxylic acids is 1. The zero-order chi connectivity index (χ0) is 10.6. The minimum Gasteiger partial charge on any atom is -0.487 e. The Balaban J connectivity index is 2.73. The van der Waals surface area contributed by atoms with E-state index in [2.05, 4.69) is 0 Å². The summed E-state index contributed by atoms with van der Waals surface area (Å²) in [5.74, 6) is -0.821. The van der Waals surface area contributed by atoms with Crippen molar-refractivity contribution in [3.63, 3.8) is 0 Å². The normalized spacial score (nSPS) is 9.86. The molecule has 0 aromatic carbocycles. The van der Waals surface area contributed by atoms with Gasteiger partial charge < -0.3 is 14.6 Å². The lowest BCUT2D eigenvalue weighted by Crippen LogP contribution is -1.97. The minimum absolute atomic E-state index is 0.0241. The molecule has 78 valence electrons. The number of carboxylic acids is 1. The van der Waals surface area contributed by atoms with Crippen molar-refractivity contribution in [1.82, 2.24) is 0 Å². The number of thioether (sulfide) groups is 1. The Bertz CT molecular complexity index is 321. The summed E-state index contributed by atoms with van der Waals surface area (Å²) in [5.41, 5.74) is 0. The first-order valence-corrected chi connectivity index (χ1v) is 5.54. The molecule has 6 heteroatoms. The van der Waals surface area contributed by atoms with Gasteiger partial charge in [-0.15, -0.1) is 11.8 Å². The molecular weight excluding hydrogens is 224 g/mol. The van der Waals surface area contributed by atoms with E-state index in [0.29, 0.717) is 5.06 Å². The van der Waals surface area contributed by atoms with Crippen LogP contribution in [0, 0.1) is 0 Å². The second kappa shape index (κ2) is 5.11. The van der Waals surface area contributed by atoms with Crippen LogP contribution in [0.4, 0.5) is 0 Å². The third kappa shape index (κ3) is 2.81. The predicted octanol–water partition coefficient (Wildman–Crippen LogP) is 1.94. The van der Waals surface area contributed by atoms with Gasteiger partial charge in [0.1, 0.15) is 0 Å². The monoisotopic (exact) mass is 234 g/mol. The number of carboxylic acid groups (broad SMARTS) is 1. The van der Waals surface area contributed by atoms with E-state index in [0.717, 1.165) is 9.96 Å². The molecular formula is C8H10O4S2. The molecule has 0 aliphatic carbocycles. The fourth-order valence-corrected chi connectivity index (χ4v) is 2.55. The molecule has 14 heavy (non-hydrogen) atoms. The van der Waals surface area contributed by atoms with E-state index < -0.39 is 5.97 Å². The van der Waals surface area contributed by atoms with Crippen LogP contribution in [-0.2, 0) is 4.79 Å². The zero-order valence-corrected chi connectivity index (χ0v) is 9.41. The third-order valence-electron chi connectivity index (χ3n) is 1.38. The lowest BCUT2D eigenvalue weighted by atomic mass is 10.6. The topological polar surface area (TPSA) is 55.8 Å². The van der Waals surface area contributed by atoms with E-state index in [4.69, 9.17) is 14.6 Å². The van der Waals surface area contributed by atoms with E-state index in [1.807, 2.05) is 0 Å². The molecule has 0 saturated carbocycles. The van der Waals surface area contributed by atoms with Gasteiger partial charge in [-0.1, -0.05) is 11.3 Å². The van der Waals surface area contributed by atoms with Gasteiger partial charge in [0, 0.05) is 6.07 Å². The van der Waals surface area contributed by atoms with Crippen LogP contribution in [0.2, 0.25) is 0 Å². The standard InChI is InChI=1S/C8H10O4S2/c1-11-7-3-5(8(12-2)14-7)13-4-6(9)10/h3H,4H2,1-2H3,(H,9,10). The Morgan fingerprint density at radius 2 is 2.29 bits per heavy atom. The molecule has 0 fully saturated rings. The van der Waals surface area contributed by atoms with Crippen LogP contribution in [0.3, 0.4) is 0 Å². The number of rotatable bonds is 5. The van der Waals surface area contributed by atoms with E-state index in [-0.39, 0.29) is 5.75 Å². The van der Waals surface area contributed by atoms with Crippen LogP contribution in [0.15, 0.2) is 11.0 Å². The summed E-state index contributed by atoms with van der Waals surface area (Å²) in [6.45, 7) is 0. The van der Waals surface area contributed by atoms with Crippen molar-refractivity contribution in [2.45, 2.75) is 4.90 Å². The van der Waals surface area contributed by atoms with Gasteiger partial charge in [0.2, 0.25) is 0 Å². The average Bonchev–Trinajstić information content (AvgIpc) is 2.57. The van der Waals surface area contributed by atoms with Crippen molar-refractivity contribution in [3.05, 3.63) is 6.07 Å². The summed E-state index contributed by atoms with van der Waals surface area (Å²) in [7, 11) is 3.12. The van der Waals surface area contributed by atoms with Crippen molar-refractivity contribution in [3.8, 4) is 10.1 Å². The third-order valence-corrected chi connectivity index (χ3v) is 3.57. The molecule has 0 unspecified atom stereocenters. The highest BCUT2D eigenvalue weighted by molar-refractivity contribution is 8.00. The van der Waals surface area contributed by atoms with Crippen molar-refractivity contribution in [2.24, 2.45) is 0 Å². The summed E-state index contributed by atoms with van der Waals surface area (Å²) in [6.07, 6.45) is 0. The smallest absolute Gasteiger partial charge is 0.313 e. The van der Waals surface area contributed by atoms with Crippen LogP contribution >= 0.6 is 23.1 Å². The maximum Gasteiger partial charge on any atom is 0.313 e. The maximum absolute atomic E-state index is 10.4. The second-order valence-electron chi connectivity index (χ2n) is 2.31. The Hall–Kier alpha value is -0.880. The second-order valence-corrected chi connectivity index (χ2v) is 4.30. The number of hydrogen-bond acceptors (Lipinski definition) is 5. The highest BCUT2D eigenvalue weighted by Gasteiger charge is 2.11. The molecule has 0 aliphatic heterocycles. The Morgan fingerprint density at radius 1 is 1.57 bits per heavy atom. The predicted molar refractivity (Wildman–Crippen MR) is 55.8 cm³/mol. The number of methoxy groups -OCH3 is 2. The maximum atomic E-state index is 10.4. The number of ether oxygens (including phenoxy) is 2. The molecule has 1 aromatic heterocycles. The highest BCUT2D eigenvalue weighted by atomic mass is 32.2. The summed E-state index contributed by atoms with van der Waals surface area (Å²) < 4.78 is 10.1. The number of hydrogen-bond donors (Lipinski definition) is 1. The highest BCUT2D eigenvalue weighted by Crippen LogP contribution is 2.41. The molecule has 0 aliphatic rings. The Kier molecular flexibility index (Phi) is 4.09. The lowest BCUT2D eigenvalue weighted by Gasteiger charge is -1.98. The van der Waals surface area contributed by atoms with E-state index in [1.165, 1.54) is 23.1 Å². The van der Waals surface area contributed by atoms with Crippen LogP contribution in [-0.4, -0.2) is 31.0 Å². The zero-order valence-electron chi connectivity index (χ0n) is 7.77. The SMILES string of the molecule is COc1cc(SCC(=O)O)c(OC)s1. The molecule has 0 amide bonds. The van der Waals surface area contributed by atoms with Gasteiger partial charge in [-0.2, -0.15) is 0 Å². The van der Waals surface area contributed by atoms with E-state index in [1.54, 1.807) is 20.3 Å². The van der Waals surface area contributed by atoms with Gasteiger partial charge in [-0.3, -0.25) is 4.79 Å². The summed E-state index contributed by atoms with van der Waals surface area (Å²) >= 11 is 2.57. The largest absolute Gasteiger partial charge is 0.487 e. The van der Waals surface area contributed by atoms with Crippen LogP contribution in [0.25, 0.3) is 0 Å². The summed E-state index contributed by atoms with van der Waals surface area (Å²) in [6, 6.07) is 1.77. The fraction of sp³-hybridized carbons (Fsp3) is 0.375. The first-order valence-electron chi connectivity index (χ1n) is 3.73. The lowest BCUT2D eigenvalue weighted by molar-refractivity contribution is -0.133. The molecule has 0 spiro atoms. The van der Waals surface area contributed by atoms with Crippen molar-refractivity contribution >= 4 is 29.1 Å². The van der Waals surface area contributed by atoms with Crippen molar-refractivity contribution in [1.29, 1.82) is 0 Å². The van der Waals surface area contributed by atoms with Crippen molar-refractivity contribution < 1.29 is 19.4 Å². The van der Waals surface area contributed by atoms with Gasteiger partial charge in [-0.05, 0) is 0 Å². The molecule has 0 radical (unpaired) electrons. The molecule has 1 heterocycles. The first kappa shape index (κ1) is 11.2. The van der Waals surface area contributed by atoms with Gasteiger partial charge >= 0.3 is 5.97 Å². The Labute approximate surface area is 89.8 Å². The van der Waals surface area contributed by atoms with Crippen LogP contribution in [0.5, 0.6) is 10.1 Å². The molecule has 1 aromatic rings. The first-order chi connectivity index (χ1) is 6.67. The van der Waals surface area contributed by atoms with Gasteiger partial charge in [0.05, 0.1) is 24.9 Å². The summed E-state index contributed by atoms with van der Waals surface area (Å²) in [4.78, 5) is 11.2. The van der Waals surface area contributed by atoms with Gasteiger partial charge in [0.15, 0.2) is 10.1 Å². The van der Waals surface area contributed by atoms with Gasteiger partial charge in [0.25, 0.3) is 0 Å². The van der Waals surface area contributed by atoms with Crippen molar-refractivity contribution in [2.75, 3.05) is 20.0 Å².